The molecule has 1 aliphatic rings. The Kier molecular flexibility index (Phi) is 5.16. The number of sulfone groups is 1. The van der Waals surface area contributed by atoms with Crippen molar-refractivity contribution in [1.29, 1.82) is 0 Å². The van der Waals surface area contributed by atoms with Gasteiger partial charge in [0.05, 0.1) is 16.4 Å². The molecule has 2 rings (SSSR count). The van der Waals surface area contributed by atoms with Gasteiger partial charge in [0.15, 0.2) is 0 Å². The molecular weight excluding hydrogens is 364 g/mol. The summed E-state index contributed by atoms with van der Waals surface area (Å²) in [5.41, 5.74) is 0.778. The molecular formula is C14H18BrClO3S. The van der Waals surface area contributed by atoms with E-state index in [4.69, 9.17) is 11.6 Å². The molecule has 0 radical (unpaired) electrons. The average molecular weight is 382 g/mol. The lowest BCUT2D eigenvalue weighted by molar-refractivity contribution is 0.0857. The Hall–Kier alpha value is -0.100. The van der Waals surface area contributed by atoms with Gasteiger partial charge in [-0.25, -0.2) is 8.42 Å². The molecule has 20 heavy (non-hydrogen) atoms. The minimum Gasteiger partial charge on any atom is -0.388 e. The Morgan fingerprint density at radius 1 is 1.40 bits per heavy atom. The minimum atomic E-state index is -3.03. The van der Waals surface area contributed by atoms with E-state index in [0.29, 0.717) is 17.9 Å². The summed E-state index contributed by atoms with van der Waals surface area (Å²) < 4.78 is 24.1. The molecule has 3 atom stereocenters. The summed E-state index contributed by atoms with van der Waals surface area (Å²) in [5, 5.41) is 10.8. The van der Waals surface area contributed by atoms with E-state index in [0.717, 1.165) is 22.9 Å². The van der Waals surface area contributed by atoms with Crippen LogP contribution in [0.5, 0.6) is 0 Å². The summed E-state index contributed by atoms with van der Waals surface area (Å²) in [6.07, 6.45) is 3.56. The Bertz CT molecular complexity index is 588. The number of aliphatic hydroxyl groups excluding tert-OH is 1. The van der Waals surface area contributed by atoms with Crippen molar-refractivity contribution in [3.63, 3.8) is 0 Å². The van der Waals surface area contributed by atoms with Crippen LogP contribution < -0.4 is 0 Å². The molecule has 1 aromatic rings. The Labute approximate surface area is 133 Å². The van der Waals surface area contributed by atoms with Crippen molar-refractivity contribution >= 4 is 37.4 Å². The fraction of sp³-hybridized carbons (Fsp3) is 0.571. The van der Waals surface area contributed by atoms with E-state index >= 15 is 0 Å². The molecule has 0 spiro atoms. The maximum absolute atomic E-state index is 11.7. The van der Waals surface area contributed by atoms with Crippen molar-refractivity contribution in [2.75, 3.05) is 6.26 Å². The van der Waals surface area contributed by atoms with Crippen molar-refractivity contribution in [3.05, 3.63) is 33.3 Å². The number of aliphatic hydroxyl groups is 1. The molecule has 0 saturated heterocycles. The van der Waals surface area contributed by atoms with E-state index in [1.165, 1.54) is 6.26 Å². The molecule has 0 aliphatic heterocycles. The van der Waals surface area contributed by atoms with Crippen LogP contribution in [0.2, 0.25) is 5.02 Å². The SMILES string of the molecule is CS(=O)(=O)C1CCCC(C(O)c2ccc(Cl)c(Br)c2)C1. The van der Waals surface area contributed by atoms with E-state index < -0.39 is 15.9 Å². The standard InChI is InChI=1S/C14H18BrClO3S/c1-20(18,19)11-4-2-3-9(7-11)14(17)10-5-6-13(16)12(15)8-10/h5-6,8-9,11,14,17H,2-4,7H2,1H3. The summed E-state index contributed by atoms with van der Waals surface area (Å²) >= 11 is 9.29. The zero-order valence-corrected chi connectivity index (χ0v) is 14.4. The molecule has 3 unspecified atom stereocenters. The maximum atomic E-state index is 11.7. The van der Waals surface area contributed by atoms with Crippen LogP contribution in [0.25, 0.3) is 0 Å². The molecule has 6 heteroatoms. The molecule has 0 heterocycles. The summed E-state index contributed by atoms with van der Waals surface area (Å²) in [6, 6.07) is 5.33. The van der Waals surface area contributed by atoms with Gasteiger partial charge in [-0.15, -0.1) is 0 Å². The number of rotatable bonds is 3. The first-order valence-electron chi connectivity index (χ1n) is 6.61. The molecule has 0 aromatic heterocycles. The Morgan fingerprint density at radius 3 is 2.70 bits per heavy atom. The van der Waals surface area contributed by atoms with Gasteiger partial charge in [-0.1, -0.05) is 24.1 Å². The first-order chi connectivity index (χ1) is 9.29. The summed E-state index contributed by atoms with van der Waals surface area (Å²) in [6.45, 7) is 0. The van der Waals surface area contributed by atoms with Gasteiger partial charge in [-0.2, -0.15) is 0 Å². The van der Waals surface area contributed by atoms with Gasteiger partial charge >= 0.3 is 0 Å². The molecule has 112 valence electrons. The smallest absolute Gasteiger partial charge is 0.150 e. The van der Waals surface area contributed by atoms with Crippen LogP contribution >= 0.6 is 27.5 Å². The quantitative estimate of drug-likeness (QED) is 0.867. The molecule has 0 amide bonds. The lowest BCUT2D eigenvalue weighted by Crippen LogP contribution is -2.30. The number of hydrogen-bond donors (Lipinski definition) is 1. The fourth-order valence-corrected chi connectivity index (χ4v) is 4.53. The van der Waals surface area contributed by atoms with Crippen LogP contribution in [-0.2, 0) is 9.84 Å². The third kappa shape index (κ3) is 3.75. The molecule has 1 N–H and O–H groups in total. The largest absolute Gasteiger partial charge is 0.388 e. The molecule has 3 nitrogen and oxygen atoms in total. The van der Waals surface area contributed by atoms with E-state index in [2.05, 4.69) is 15.9 Å². The topological polar surface area (TPSA) is 54.4 Å². The second-order valence-electron chi connectivity index (χ2n) is 5.50. The third-order valence-electron chi connectivity index (χ3n) is 4.00. The van der Waals surface area contributed by atoms with Crippen LogP contribution in [0.4, 0.5) is 0 Å². The summed E-state index contributed by atoms with van der Waals surface area (Å²) in [7, 11) is -3.03. The van der Waals surface area contributed by atoms with Crippen LogP contribution in [0, 0.1) is 5.92 Å². The Morgan fingerprint density at radius 2 is 2.10 bits per heavy atom. The number of halogens is 2. The highest BCUT2D eigenvalue weighted by molar-refractivity contribution is 9.10. The van der Waals surface area contributed by atoms with Gasteiger partial charge in [-0.05, 0) is 58.8 Å². The highest BCUT2D eigenvalue weighted by atomic mass is 79.9. The first kappa shape index (κ1) is 16.3. The molecule has 1 aromatic carbocycles. The second kappa shape index (κ2) is 6.34. The Balaban J connectivity index is 2.16. The lowest BCUT2D eigenvalue weighted by Gasteiger charge is -2.31. The highest BCUT2D eigenvalue weighted by Crippen LogP contribution is 2.38. The first-order valence-corrected chi connectivity index (χ1v) is 9.73. The molecule has 0 bridgehead atoms. The van der Waals surface area contributed by atoms with E-state index in [1.54, 1.807) is 18.2 Å². The van der Waals surface area contributed by atoms with Crippen LogP contribution in [-0.4, -0.2) is 25.0 Å². The average Bonchev–Trinajstić information content (AvgIpc) is 2.40. The van der Waals surface area contributed by atoms with Crippen LogP contribution in [0.15, 0.2) is 22.7 Å². The molecule has 1 fully saturated rings. The monoisotopic (exact) mass is 380 g/mol. The fourth-order valence-electron chi connectivity index (χ4n) is 2.83. The number of hydrogen-bond acceptors (Lipinski definition) is 3. The molecule has 1 aliphatic carbocycles. The van der Waals surface area contributed by atoms with Crippen molar-refractivity contribution in [3.8, 4) is 0 Å². The van der Waals surface area contributed by atoms with Crippen molar-refractivity contribution in [1.82, 2.24) is 0 Å². The third-order valence-corrected chi connectivity index (χ3v) is 6.86. The van der Waals surface area contributed by atoms with Crippen molar-refractivity contribution in [2.24, 2.45) is 5.92 Å². The summed E-state index contributed by atoms with van der Waals surface area (Å²) in [4.78, 5) is 0. The van der Waals surface area contributed by atoms with Crippen molar-refractivity contribution in [2.45, 2.75) is 37.0 Å². The van der Waals surface area contributed by atoms with Gasteiger partial charge in [0.2, 0.25) is 0 Å². The van der Waals surface area contributed by atoms with Crippen LogP contribution in [0.3, 0.4) is 0 Å². The van der Waals surface area contributed by atoms with Gasteiger partial charge in [0.1, 0.15) is 9.84 Å². The number of benzene rings is 1. The predicted molar refractivity (Wildman–Crippen MR) is 84.7 cm³/mol. The van der Waals surface area contributed by atoms with Gasteiger partial charge < -0.3 is 5.11 Å². The van der Waals surface area contributed by atoms with Gasteiger partial charge in [0, 0.05) is 10.7 Å². The van der Waals surface area contributed by atoms with Gasteiger partial charge in [-0.3, -0.25) is 0 Å². The highest BCUT2D eigenvalue weighted by Gasteiger charge is 2.33. The second-order valence-corrected chi connectivity index (χ2v) is 9.08. The predicted octanol–water partition coefficient (Wildman–Crippen LogP) is 3.74. The normalized spacial score (nSPS) is 25.4. The van der Waals surface area contributed by atoms with Crippen molar-refractivity contribution < 1.29 is 13.5 Å². The van der Waals surface area contributed by atoms with Gasteiger partial charge in [0.25, 0.3) is 0 Å². The summed E-state index contributed by atoms with van der Waals surface area (Å²) in [5.74, 6) is -0.0171. The minimum absolute atomic E-state index is 0.0171. The van der Waals surface area contributed by atoms with Crippen LogP contribution in [0.1, 0.15) is 37.4 Å². The molecule has 1 saturated carbocycles. The van der Waals surface area contributed by atoms with E-state index in [1.807, 2.05) is 0 Å². The zero-order valence-electron chi connectivity index (χ0n) is 11.2. The maximum Gasteiger partial charge on any atom is 0.150 e. The van der Waals surface area contributed by atoms with E-state index in [-0.39, 0.29) is 11.2 Å². The lowest BCUT2D eigenvalue weighted by atomic mass is 9.82. The van der Waals surface area contributed by atoms with E-state index in [9.17, 15) is 13.5 Å². The zero-order chi connectivity index (χ0) is 14.9.